The molecule has 0 bridgehead atoms. The minimum Gasteiger partial charge on any atom is -0.390 e. The van der Waals surface area contributed by atoms with Crippen molar-refractivity contribution in [2.24, 2.45) is 0 Å². The number of hydrogen-bond acceptors (Lipinski definition) is 5. The summed E-state index contributed by atoms with van der Waals surface area (Å²) < 4.78 is 22.9. The molecular weight excluding hydrogens is 258 g/mol. The van der Waals surface area contributed by atoms with E-state index in [-0.39, 0.29) is 17.5 Å². The summed E-state index contributed by atoms with van der Waals surface area (Å²) in [5, 5.41) is 13.7. The first-order valence-corrected chi connectivity index (χ1v) is 9.15. The summed E-state index contributed by atoms with van der Waals surface area (Å²) in [6.45, 7) is 2.15. The van der Waals surface area contributed by atoms with E-state index in [9.17, 15) is 13.5 Å². The van der Waals surface area contributed by atoms with Crippen LogP contribution in [0.1, 0.15) is 26.2 Å². The summed E-state index contributed by atoms with van der Waals surface area (Å²) in [6, 6.07) is 0.107. The number of aliphatic hydroxyl groups excluding tert-OH is 1. The maximum atomic E-state index is 11.4. The van der Waals surface area contributed by atoms with Crippen LogP contribution in [0.3, 0.4) is 0 Å². The zero-order chi connectivity index (χ0) is 12.5. The second-order valence-electron chi connectivity index (χ2n) is 4.95. The first-order chi connectivity index (χ1) is 8.02. The van der Waals surface area contributed by atoms with Gasteiger partial charge in [0.25, 0.3) is 0 Å². The van der Waals surface area contributed by atoms with E-state index < -0.39 is 15.9 Å². The Bertz CT molecular complexity index is 358. The summed E-state index contributed by atoms with van der Waals surface area (Å²) in [6.07, 6.45) is 2.77. The molecule has 0 spiro atoms. The van der Waals surface area contributed by atoms with Crippen LogP contribution in [0.4, 0.5) is 0 Å². The van der Waals surface area contributed by atoms with Crippen LogP contribution in [0.15, 0.2) is 0 Å². The van der Waals surface area contributed by atoms with Gasteiger partial charge >= 0.3 is 0 Å². The van der Waals surface area contributed by atoms with Crippen molar-refractivity contribution in [3.63, 3.8) is 0 Å². The third-order valence-electron chi connectivity index (χ3n) is 3.58. The number of aliphatic hydroxyl groups is 1. The van der Waals surface area contributed by atoms with Crippen LogP contribution in [0.2, 0.25) is 0 Å². The highest BCUT2D eigenvalue weighted by Gasteiger charge is 2.39. The lowest BCUT2D eigenvalue weighted by molar-refractivity contribution is 0.159. The molecular formula is C11H21NO3S2. The van der Waals surface area contributed by atoms with Crippen molar-refractivity contribution in [2.75, 3.05) is 17.3 Å². The Hall–Kier alpha value is 0.220. The average Bonchev–Trinajstić information content (AvgIpc) is 2.74. The largest absolute Gasteiger partial charge is 0.390 e. The van der Waals surface area contributed by atoms with Crippen molar-refractivity contribution in [3.8, 4) is 0 Å². The van der Waals surface area contributed by atoms with Crippen molar-refractivity contribution in [2.45, 2.75) is 49.6 Å². The summed E-state index contributed by atoms with van der Waals surface area (Å²) in [7, 11) is -3.04. The SMILES string of the molecule is CCSC1CCCC1NC1CS(=O)(=O)CC1O. The Morgan fingerprint density at radius 1 is 1.29 bits per heavy atom. The van der Waals surface area contributed by atoms with E-state index >= 15 is 0 Å². The Labute approximate surface area is 107 Å². The monoisotopic (exact) mass is 279 g/mol. The van der Waals surface area contributed by atoms with E-state index in [4.69, 9.17) is 0 Å². The van der Waals surface area contributed by atoms with Gasteiger partial charge in [-0.2, -0.15) is 11.8 Å². The summed E-state index contributed by atoms with van der Waals surface area (Å²) in [5.41, 5.74) is 0. The highest BCUT2D eigenvalue weighted by Crippen LogP contribution is 2.30. The summed E-state index contributed by atoms with van der Waals surface area (Å²) in [4.78, 5) is 0. The molecule has 1 aliphatic carbocycles. The molecule has 2 fully saturated rings. The normalized spacial score (nSPS) is 40.8. The Balaban J connectivity index is 1.92. The second-order valence-corrected chi connectivity index (χ2v) is 8.62. The van der Waals surface area contributed by atoms with Gasteiger partial charge < -0.3 is 10.4 Å². The van der Waals surface area contributed by atoms with Crippen LogP contribution in [-0.2, 0) is 9.84 Å². The number of thioether (sulfide) groups is 1. The van der Waals surface area contributed by atoms with Crippen molar-refractivity contribution < 1.29 is 13.5 Å². The van der Waals surface area contributed by atoms with Crippen molar-refractivity contribution in [3.05, 3.63) is 0 Å². The van der Waals surface area contributed by atoms with Gasteiger partial charge in [-0.15, -0.1) is 0 Å². The number of sulfone groups is 1. The average molecular weight is 279 g/mol. The fraction of sp³-hybridized carbons (Fsp3) is 1.00. The third kappa shape index (κ3) is 3.36. The van der Waals surface area contributed by atoms with Crippen LogP contribution >= 0.6 is 11.8 Å². The Kier molecular flexibility index (Phi) is 4.39. The van der Waals surface area contributed by atoms with Crippen molar-refractivity contribution >= 4 is 21.6 Å². The minimum atomic E-state index is -3.04. The predicted molar refractivity (Wildman–Crippen MR) is 71.1 cm³/mol. The van der Waals surface area contributed by atoms with E-state index in [0.717, 1.165) is 12.2 Å². The molecule has 2 rings (SSSR count). The van der Waals surface area contributed by atoms with E-state index in [0.29, 0.717) is 11.3 Å². The van der Waals surface area contributed by atoms with E-state index in [1.54, 1.807) is 0 Å². The molecule has 100 valence electrons. The lowest BCUT2D eigenvalue weighted by atomic mass is 10.1. The highest BCUT2D eigenvalue weighted by atomic mass is 32.2. The standard InChI is InChI=1S/C11H21NO3S2/c1-2-16-11-5-3-4-8(11)12-9-6-17(14,15)7-10(9)13/h8-13H,2-7H2,1H3. The first kappa shape index (κ1) is 13.6. The Morgan fingerprint density at radius 3 is 2.65 bits per heavy atom. The van der Waals surface area contributed by atoms with Crippen LogP contribution < -0.4 is 5.32 Å². The molecule has 0 aromatic carbocycles. The quantitative estimate of drug-likeness (QED) is 0.780. The van der Waals surface area contributed by atoms with E-state index in [2.05, 4.69) is 12.2 Å². The smallest absolute Gasteiger partial charge is 0.154 e. The van der Waals surface area contributed by atoms with Gasteiger partial charge in [-0.1, -0.05) is 13.3 Å². The summed E-state index contributed by atoms with van der Waals surface area (Å²) in [5.74, 6) is 1.10. The van der Waals surface area contributed by atoms with Crippen LogP contribution in [0.25, 0.3) is 0 Å². The molecule has 0 amide bonds. The fourth-order valence-corrected chi connectivity index (χ4v) is 5.76. The maximum Gasteiger partial charge on any atom is 0.154 e. The van der Waals surface area contributed by atoms with Gasteiger partial charge in [0.15, 0.2) is 9.84 Å². The molecule has 1 saturated heterocycles. The van der Waals surface area contributed by atoms with E-state index in [1.165, 1.54) is 12.8 Å². The second kappa shape index (κ2) is 5.47. The van der Waals surface area contributed by atoms with Gasteiger partial charge in [-0.3, -0.25) is 0 Å². The summed E-state index contributed by atoms with van der Waals surface area (Å²) >= 11 is 1.94. The predicted octanol–water partition coefficient (Wildman–Crippen LogP) is 0.408. The molecule has 4 unspecified atom stereocenters. The molecule has 4 nitrogen and oxygen atoms in total. The molecule has 1 aliphatic heterocycles. The van der Waals surface area contributed by atoms with Crippen molar-refractivity contribution in [1.29, 1.82) is 0 Å². The van der Waals surface area contributed by atoms with Crippen LogP contribution in [0.5, 0.6) is 0 Å². The lowest BCUT2D eigenvalue weighted by Gasteiger charge is -2.25. The molecule has 0 aromatic heterocycles. The van der Waals surface area contributed by atoms with Gasteiger partial charge in [-0.25, -0.2) is 8.42 Å². The van der Waals surface area contributed by atoms with Crippen LogP contribution in [0, 0.1) is 0 Å². The Morgan fingerprint density at radius 2 is 2.06 bits per heavy atom. The zero-order valence-corrected chi connectivity index (χ0v) is 11.8. The maximum absolute atomic E-state index is 11.4. The number of hydrogen-bond donors (Lipinski definition) is 2. The lowest BCUT2D eigenvalue weighted by Crippen LogP contribution is -2.47. The highest BCUT2D eigenvalue weighted by molar-refractivity contribution is 7.99. The molecule has 4 atom stereocenters. The molecule has 17 heavy (non-hydrogen) atoms. The van der Waals surface area contributed by atoms with Crippen molar-refractivity contribution in [1.82, 2.24) is 5.32 Å². The molecule has 6 heteroatoms. The molecule has 1 heterocycles. The topological polar surface area (TPSA) is 66.4 Å². The van der Waals surface area contributed by atoms with Gasteiger partial charge in [0.2, 0.25) is 0 Å². The van der Waals surface area contributed by atoms with Gasteiger partial charge in [0, 0.05) is 17.3 Å². The van der Waals surface area contributed by atoms with Crippen LogP contribution in [-0.4, -0.2) is 54.2 Å². The van der Waals surface area contributed by atoms with Gasteiger partial charge in [0.05, 0.1) is 17.6 Å². The number of nitrogens with one attached hydrogen (secondary N) is 1. The number of rotatable bonds is 4. The molecule has 0 radical (unpaired) electrons. The minimum absolute atomic E-state index is 0.0804. The fourth-order valence-electron chi connectivity index (χ4n) is 2.79. The first-order valence-electron chi connectivity index (χ1n) is 6.28. The molecule has 2 aliphatic rings. The van der Waals surface area contributed by atoms with Gasteiger partial charge in [0.1, 0.15) is 0 Å². The van der Waals surface area contributed by atoms with Gasteiger partial charge in [-0.05, 0) is 18.6 Å². The zero-order valence-electron chi connectivity index (χ0n) is 10.1. The van der Waals surface area contributed by atoms with E-state index in [1.807, 2.05) is 11.8 Å². The molecule has 2 N–H and O–H groups in total. The molecule has 0 aromatic rings. The third-order valence-corrected chi connectivity index (χ3v) is 6.63. The molecule has 1 saturated carbocycles.